The van der Waals surface area contributed by atoms with E-state index in [-0.39, 0.29) is 11.8 Å². The van der Waals surface area contributed by atoms with Gasteiger partial charge >= 0.3 is 0 Å². The van der Waals surface area contributed by atoms with Crippen molar-refractivity contribution in [2.75, 3.05) is 24.5 Å². The fraction of sp³-hybridized carbons (Fsp3) is 0.722. The minimum Gasteiger partial charge on any atom is -0.388 e. The smallest absolute Gasteiger partial charge is 0.225 e. The maximum absolute atomic E-state index is 12.4. The van der Waals surface area contributed by atoms with Gasteiger partial charge in [-0.15, -0.1) is 0 Å². The van der Waals surface area contributed by atoms with Crippen molar-refractivity contribution in [1.82, 2.24) is 15.3 Å². The molecule has 0 bridgehead atoms. The molecule has 1 fully saturated rings. The Morgan fingerprint density at radius 1 is 1.25 bits per heavy atom. The molecule has 0 spiro atoms. The number of rotatable bonds is 8. The highest BCUT2D eigenvalue weighted by atomic mass is 16.3. The summed E-state index contributed by atoms with van der Waals surface area (Å²) in [5.74, 6) is 0.809. The van der Waals surface area contributed by atoms with Crippen molar-refractivity contribution in [1.29, 1.82) is 0 Å². The molecule has 1 amide bonds. The predicted molar refractivity (Wildman–Crippen MR) is 94.7 cm³/mol. The maximum Gasteiger partial charge on any atom is 0.225 e. The van der Waals surface area contributed by atoms with Crippen molar-refractivity contribution in [3.63, 3.8) is 0 Å². The summed E-state index contributed by atoms with van der Waals surface area (Å²) >= 11 is 0. The third-order valence-electron chi connectivity index (χ3n) is 4.72. The van der Waals surface area contributed by atoms with E-state index < -0.39 is 5.60 Å². The second kappa shape index (κ2) is 8.97. The highest BCUT2D eigenvalue weighted by molar-refractivity contribution is 5.79. The van der Waals surface area contributed by atoms with Crippen LogP contribution in [0.25, 0.3) is 0 Å². The monoisotopic (exact) mass is 334 g/mol. The number of nitrogens with zero attached hydrogens (tertiary/aromatic N) is 3. The SMILES string of the molecule is CCCC(O)(CCC)CNC(=O)C1CCN(c2ncccn2)CC1. The zero-order chi connectivity index (χ0) is 17.4. The lowest BCUT2D eigenvalue weighted by molar-refractivity contribution is -0.127. The van der Waals surface area contributed by atoms with Crippen LogP contribution in [0.3, 0.4) is 0 Å². The van der Waals surface area contributed by atoms with E-state index in [9.17, 15) is 9.90 Å². The first-order chi connectivity index (χ1) is 11.6. The van der Waals surface area contributed by atoms with Crippen molar-refractivity contribution in [3.05, 3.63) is 18.5 Å². The van der Waals surface area contributed by atoms with Gasteiger partial charge in [-0.05, 0) is 31.7 Å². The zero-order valence-electron chi connectivity index (χ0n) is 14.9. The Labute approximate surface area is 144 Å². The fourth-order valence-electron chi connectivity index (χ4n) is 3.42. The minimum atomic E-state index is -0.766. The molecule has 2 rings (SSSR count). The molecule has 1 aliphatic rings. The summed E-state index contributed by atoms with van der Waals surface area (Å²) in [6, 6.07) is 1.80. The Morgan fingerprint density at radius 3 is 2.38 bits per heavy atom. The summed E-state index contributed by atoms with van der Waals surface area (Å²) in [6.45, 7) is 6.05. The number of piperidine rings is 1. The standard InChI is InChI=1S/C18H30N4O2/c1-3-8-18(24,9-4-2)14-21-16(23)15-6-12-22(13-7-15)17-19-10-5-11-20-17/h5,10-11,15,24H,3-4,6-9,12-14H2,1-2H3,(H,21,23). The molecule has 2 N–H and O–H groups in total. The van der Waals surface area contributed by atoms with E-state index in [1.165, 1.54) is 0 Å². The molecule has 2 heterocycles. The lowest BCUT2D eigenvalue weighted by atomic mass is 9.91. The Bertz CT molecular complexity index is 495. The highest BCUT2D eigenvalue weighted by Crippen LogP contribution is 2.22. The molecule has 0 unspecified atom stereocenters. The average Bonchev–Trinajstić information content (AvgIpc) is 2.61. The summed E-state index contributed by atoms with van der Waals surface area (Å²) in [5, 5.41) is 13.6. The topological polar surface area (TPSA) is 78.4 Å². The van der Waals surface area contributed by atoms with E-state index in [1.54, 1.807) is 18.5 Å². The van der Waals surface area contributed by atoms with Gasteiger partial charge in [-0.25, -0.2) is 9.97 Å². The van der Waals surface area contributed by atoms with Gasteiger partial charge in [0.15, 0.2) is 0 Å². The summed E-state index contributed by atoms with van der Waals surface area (Å²) in [7, 11) is 0. The van der Waals surface area contributed by atoms with Crippen molar-refractivity contribution < 1.29 is 9.90 Å². The molecular formula is C18H30N4O2. The van der Waals surface area contributed by atoms with Crippen LogP contribution in [0.1, 0.15) is 52.4 Å². The second-order valence-corrected chi connectivity index (χ2v) is 6.75. The predicted octanol–water partition coefficient (Wildman–Crippen LogP) is 2.14. The van der Waals surface area contributed by atoms with Crippen LogP contribution >= 0.6 is 0 Å². The van der Waals surface area contributed by atoms with Crippen molar-refractivity contribution in [2.24, 2.45) is 5.92 Å². The minimum absolute atomic E-state index is 0.0115. The van der Waals surface area contributed by atoms with E-state index >= 15 is 0 Å². The molecule has 1 aromatic rings. The van der Waals surface area contributed by atoms with Gasteiger partial charge < -0.3 is 15.3 Å². The van der Waals surface area contributed by atoms with Gasteiger partial charge in [0.25, 0.3) is 0 Å². The second-order valence-electron chi connectivity index (χ2n) is 6.75. The molecule has 0 aliphatic carbocycles. The first-order valence-corrected chi connectivity index (χ1v) is 9.10. The number of amides is 1. The number of carbonyl (C=O) groups excluding carboxylic acids is 1. The molecule has 0 aromatic carbocycles. The molecule has 6 nitrogen and oxygen atoms in total. The average molecular weight is 334 g/mol. The quantitative estimate of drug-likeness (QED) is 0.761. The van der Waals surface area contributed by atoms with Gasteiger partial charge in [0, 0.05) is 37.9 Å². The molecule has 0 radical (unpaired) electrons. The van der Waals surface area contributed by atoms with Crippen molar-refractivity contribution in [2.45, 2.75) is 58.0 Å². The highest BCUT2D eigenvalue weighted by Gasteiger charge is 2.29. The molecular weight excluding hydrogens is 304 g/mol. The summed E-state index contributed by atoms with van der Waals surface area (Å²) < 4.78 is 0. The van der Waals surface area contributed by atoms with Crippen LogP contribution in [-0.4, -0.2) is 46.2 Å². The van der Waals surface area contributed by atoms with Gasteiger partial charge in [-0.2, -0.15) is 0 Å². The van der Waals surface area contributed by atoms with Gasteiger partial charge in [0.1, 0.15) is 0 Å². The van der Waals surface area contributed by atoms with Gasteiger partial charge in [0.2, 0.25) is 11.9 Å². The molecule has 1 aliphatic heterocycles. The lowest BCUT2D eigenvalue weighted by Gasteiger charge is -2.32. The normalized spacial score (nSPS) is 16.2. The van der Waals surface area contributed by atoms with Crippen LogP contribution in [0.4, 0.5) is 5.95 Å². The molecule has 1 saturated heterocycles. The first-order valence-electron chi connectivity index (χ1n) is 9.10. The number of aromatic nitrogens is 2. The Morgan fingerprint density at radius 2 is 1.83 bits per heavy atom. The van der Waals surface area contributed by atoms with Crippen LogP contribution in [0.15, 0.2) is 18.5 Å². The summed E-state index contributed by atoms with van der Waals surface area (Å²) in [5.41, 5.74) is -0.766. The number of anilines is 1. The van der Waals surface area contributed by atoms with Gasteiger partial charge in [-0.3, -0.25) is 4.79 Å². The summed E-state index contributed by atoms with van der Waals surface area (Å²) in [4.78, 5) is 23.1. The summed E-state index contributed by atoms with van der Waals surface area (Å²) in [6.07, 6.45) is 8.36. The lowest BCUT2D eigenvalue weighted by Crippen LogP contribution is -2.47. The number of nitrogens with one attached hydrogen (secondary N) is 1. The fourth-order valence-corrected chi connectivity index (χ4v) is 3.42. The Hall–Kier alpha value is -1.69. The molecule has 24 heavy (non-hydrogen) atoms. The third-order valence-corrected chi connectivity index (χ3v) is 4.72. The van der Waals surface area contributed by atoms with Crippen LogP contribution in [0.2, 0.25) is 0 Å². The van der Waals surface area contributed by atoms with Crippen LogP contribution in [0.5, 0.6) is 0 Å². The van der Waals surface area contributed by atoms with E-state index in [0.717, 1.165) is 57.6 Å². The molecule has 0 saturated carbocycles. The third kappa shape index (κ3) is 5.16. The van der Waals surface area contributed by atoms with Gasteiger partial charge in [0.05, 0.1) is 5.60 Å². The van der Waals surface area contributed by atoms with Crippen molar-refractivity contribution >= 4 is 11.9 Å². The molecule has 1 aromatic heterocycles. The van der Waals surface area contributed by atoms with E-state index in [4.69, 9.17) is 0 Å². The van der Waals surface area contributed by atoms with Gasteiger partial charge in [-0.1, -0.05) is 26.7 Å². The molecule has 134 valence electrons. The number of aliphatic hydroxyl groups is 1. The Kier molecular flexibility index (Phi) is 6.97. The Balaban J connectivity index is 1.80. The number of hydrogen-bond acceptors (Lipinski definition) is 5. The van der Waals surface area contributed by atoms with Crippen LogP contribution < -0.4 is 10.2 Å². The zero-order valence-corrected chi connectivity index (χ0v) is 14.9. The van der Waals surface area contributed by atoms with E-state index in [0.29, 0.717) is 6.54 Å². The largest absolute Gasteiger partial charge is 0.388 e. The number of hydrogen-bond donors (Lipinski definition) is 2. The van der Waals surface area contributed by atoms with E-state index in [1.807, 2.05) is 0 Å². The first kappa shape index (κ1) is 18.6. The maximum atomic E-state index is 12.4. The van der Waals surface area contributed by atoms with Crippen LogP contribution in [0, 0.1) is 5.92 Å². The molecule has 6 heteroatoms. The molecule has 0 atom stereocenters. The number of carbonyl (C=O) groups is 1. The van der Waals surface area contributed by atoms with Crippen molar-refractivity contribution in [3.8, 4) is 0 Å². The van der Waals surface area contributed by atoms with Crippen LogP contribution in [-0.2, 0) is 4.79 Å². The van der Waals surface area contributed by atoms with E-state index in [2.05, 4.69) is 34.0 Å².